The van der Waals surface area contributed by atoms with Crippen LogP contribution in [0.5, 0.6) is 0 Å². The van der Waals surface area contributed by atoms with E-state index in [4.69, 9.17) is 5.73 Å². The number of carbonyl (C=O) groups is 3. The molecule has 2 aliphatic rings. The highest BCUT2D eigenvalue weighted by molar-refractivity contribution is 5.90. The van der Waals surface area contributed by atoms with Crippen LogP contribution in [0, 0.1) is 17.3 Å². The van der Waals surface area contributed by atoms with E-state index in [1.54, 1.807) is 0 Å². The standard InChI is InChI=1S/C22H40N4O3/c1-15(2)12-18(21(29)25-9-6-16(7-10-25)13-19(23)27)26-11-8-24-17(20(26)28)14-22(3,4)5/h15-18,24H,6-14H2,1-5H3,(H2,23,27)/t17-,18?/m0/s1. The minimum Gasteiger partial charge on any atom is -0.370 e. The van der Waals surface area contributed by atoms with Gasteiger partial charge in [-0.2, -0.15) is 0 Å². The molecule has 2 heterocycles. The van der Waals surface area contributed by atoms with Crippen LogP contribution in [0.2, 0.25) is 0 Å². The molecule has 2 fully saturated rings. The predicted molar refractivity (Wildman–Crippen MR) is 114 cm³/mol. The van der Waals surface area contributed by atoms with Crippen molar-refractivity contribution in [3.63, 3.8) is 0 Å². The van der Waals surface area contributed by atoms with E-state index < -0.39 is 6.04 Å². The molecule has 2 atom stereocenters. The van der Waals surface area contributed by atoms with E-state index in [0.29, 0.717) is 38.4 Å². The number of primary amides is 1. The van der Waals surface area contributed by atoms with E-state index >= 15 is 0 Å². The molecule has 0 saturated carbocycles. The number of likely N-dealkylation sites (tertiary alicyclic amines) is 1. The number of carbonyl (C=O) groups excluding carboxylic acids is 3. The summed E-state index contributed by atoms with van der Waals surface area (Å²) in [6, 6.07) is -0.632. The van der Waals surface area contributed by atoms with Gasteiger partial charge in [0.1, 0.15) is 6.04 Å². The molecule has 0 aromatic carbocycles. The molecule has 2 rings (SSSR count). The van der Waals surface area contributed by atoms with Gasteiger partial charge in [-0.3, -0.25) is 14.4 Å². The summed E-state index contributed by atoms with van der Waals surface area (Å²) in [7, 11) is 0. The SMILES string of the molecule is CC(C)CC(C(=O)N1CCC(CC(N)=O)CC1)N1CCN[C@@H](CC(C)(C)C)C1=O. The first-order valence-corrected chi connectivity index (χ1v) is 11.1. The van der Waals surface area contributed by atoms with E-state index in [1.807, 2.05) is 9.80 Å². The van der Waals surface area contributed by atoms with Crippen molar-refractivity contribution in [3.05, 3.63) is 0 Å². The Kier molecular flexibility index (Phi) is 8.09. The van der Waals surface area contributed by atoms with Gasteiger partial charge in [0, 0.05) is 32.6 Å². The second-order valence-corrected chi connectivity index (χ2v) is 10.4. The van der Waals surface area contributed by atoms with Gasteiger partial charge in [0.05, 0.1) is 6.04 Å². The number of nitrogens with one attached hydrogen (secondary N) is 1. The zero-order valence-electron chi connectivity index (χ0n) is 18.9. The Morgan fingerprint density at radius 2 is 1.79 bits per heavy atom. The molecule has 29 heavy (non-hydrogen) atoms. The van der Waals surface area contributed by atoms with E-state index in [2.05, 4.69) is 39.9 Å². The van der Waals surface area contributed by atoms with Gasteiger partial charge in [-0.05, 0) is 42.9 Å². The van der Waals surface area contributed by atoms with Crippen LogP contribution in [0.1, 0.15) is 66.7 Å². The number of rotatable bonds is 7. The highest BCUT2D eigenvalue weighted by atomic mass is 16.2. The summed E-state index contributed by atoms with van der Waals surface area (Å²) in [4.78, 5) is 41.5. The van der Waals surface area contributed by atoms with Crippen LogP contribution < -0.4 is 11.1 Å². The minimum absolute atomic E-state index is 0.0379. The van der Waals surface area contributed by atoms with E-state index in [1.165, 1.54) is 0 Å². The molecule has 7 nitrogen and oxygen atoms in total. The molecule has 0 aromatic heterocycles. The fraction of sp³-hybridized carbons (Fsp3) is 0.864. The van der Waals surface area contributed by atoms with Gasteiger partial charge in [0.15, 0.2) is 0 Å². The second-order valence-electron chi connectivity index (χ2n) is 10.4. The number of hydrogen-bond donors (Lipinski definition) is 2. The smallest absolute Gasteiger partial charge is 0.245 e. The highest BCUT2D eigenvalue weighted by Crippen LogP contribution is 2.26. The van der Waals surface area contributed by atoms with Crippen LogP contribution in [-0.4, -0.2) is 65.8 Å². The number of hydrogen-bond acceptors (Lipinski definition) is 4. The maximum Gasteiger partial charge on any atom is 0.245 e. The lowest BCUT2D eigenvalue weighted by Crippen LogP contribution is -2.62. The first-order valence-electron chi connectivity index (χ1n) is 11.1. The quantitative estimate of drug-likeness (QED) is 0.671. The normalized spacial score (nSPS) is 22.8. The molecule has 3 N–H and O–H groups in total. The molecule has 0 radical (unpaired) electrons. The fourth-order valence-electron chi connectivity index (χ4n) is 4.50. The maximum absolute atomic E-state index is 13.4. The Balaban J connectivity index is 2.09. The Labute approximate surface area is 175 Å². The van der Waals surface area contributed by atoms with Gasteiger partial charge in [0.25, 0.3) is 0 Å². The number of piperazine rings is 1. The van der Waals surface area contributed by atoms with Gasteiger partial charge in [-0.15, -0.1) is 0 Å². The van der Waals surface area contributed by atoms with Crippen molar-refractivity contribution in [3.8, 4) is 0 Å². The number of nitrogens with zero attached hydrogens (tertiary/aromatic N) is 2. The van der Waals surface area contributed by atoms with Gasteiger partial charge in [-0.1, -0.05) is 34.6 Å². The molecule has 0 spiro atoms. The average molecular weight is 409 g/mol. The third kappa shape index (κ3) is 6.98. The molecule has 1 unspecified atom stereocenters. The highest BCUT2D eigenvalue weighted by Gasteiger charge is 2.40. The minimum atomic E-state index is -0.403. The zero-order valence-corrected chi connectivity index (χ0v) is 18.9. The predicted octanol–water partition coefficient (Wildman–Crippen LogP) is 1.75. The lowest BCUT2D eigenvalue weighted by atomic mass is 9.86. The van der Waals surface area contributed by atoms with Crippen LogP contribution >= 0.6 is 0 Å². The summed E-state index contributed by atoms with van der Waals surface area (Å²) in [5, 5.41) is 3.35. The Hall–Kier alpha value is -1.63. The van der Waals surface area contributed by atoms with Crippen LogP contribution in [0.3, 0.4) is 0 Å². The van der Waals surface area contributed by atoms with Crippen molar-refractivity contribution in [1.29, 1.82) is 0 Å². The number of piperidine rings is 1. The molecule has 0 aliphatic carbocycles. The maximum atomic E-state index is 13.4. The lowest BCUT2D eigenvalue weighted by Gasteiger charge is -2.42. The van der Waals surface area contributed by atoms with Crippen molar-refractivity contribution >= 4 is 17.7 Å². The van der Waals surface area contributed by atoms with Crippen molar-refractivity contribution in [1.82, 2.24) is 15.1 Å². The molecule has 2 saturated heterocycles. The van der Waals surface area contributed by atoms with E-state index in [-0.39, 0.29) is 35.1 Å². The van der Waals surface area contributed by atoms with E-state index in [9.17, 15) is 14.4 Å². The summed E-state index contributed by atoms with van der Waals surface area (Å²) >= 11 is 0. The van der Waals surface area contributed by atoms with Crippen molar-refractivity contribution in [2.75, 3.05) is 26.2 Å². The number of nitrogens with two attached hydrogens (primary N) is 1. The molecule has 0 bridgehead atoms. The van der Waals surface area contributed by atoms with Crippen LogP contribution in [-0.2, 0) is 14.4 Å². The molecular weight excluding hydrogens is 368 g/mol. The summed E-state index contributed by atoms with van der Waals surface area (Å²) in [5.41, 5.74) is 5.36. The van der Waals surface area contributed by atoms with Crippen molar-refractivity contribution in [2.45, 2.75) is 78.8 Å². The third-order valence-corrected chi connectivity index (χ3v) is 5.91. The first-order chi connectivity index (χ1) is 13.5. The summed E-state index contributed by atoms with van der Waals surface area (Å²) in [6.07, 6.45) is 3.41. The monoisotopic (exact) mass is 408 g/mol. The number of amides is 3. The van der Waals surface area contributed by atoms with Crippen LogP contribution in [0.15, 0.2) is 0 Å². The third-order valence-electron chi connectivity index (χ3n) is 5.91. The van der Waals surface area contributed by atoms with Gasteiger partial charge < -0.3 is 20.9 Å². The largest absolute Gasteiger partial charge is 0.370 e. The molecule has 2 aliphatic heterocycles. The van der Waals surface area contributed by atoms with Gasteiger partial charge in [-0.25, -0.2) is 0 Å². The lowest BCUT2D eigenvalue weighted by molar-refractivity contribution is -0.150. The fourth-order valence-corrected chi connectivity index (χ4v) is 4.50. The summed E-state index contributed by atoms with van der Waals surface area (Å²) < 4.78 is 0. The average Bonchev–Trinajstić information content (AvgIpc) is 2.60. The molecule has 0 aromatic rings. The first kappa shape index (κ1) is 23.6. The second kappa shape index (κ2) is 9.92. The van der Waals surface area contributed by atoms with Crippen molar-refractivity contribution < 1.29 is 14.4 Å². The molecular formula is C22H40N4O3. The van der Waals surface area contributed by atoms with Crippen LogP contribution in [0.25, 0.3) is 0 Å². The van der Waals surface area contributed by atoms with Crippen molar-refractivity contribution in [2.24, 2.45) is 23.0 Å². The summed E-state index contributed by atoms with van der Waals surface area (Å²) in [6.45, 7) is 13.1. The molecule has 7 heteroatoms. The Morgan fingerprint density at radius 1 is 1.17 bits per heavy atom. The Morgan fingerprint density at radius 3 is 2.31 bits per heavy atom. The molecule has 3 amide bonds. The zero-order chi connectivity index (χ0) is 21.8. The van der Waals surface area contributed by atoms with E-state index in [0.717, 1.165) is 25.8 Å². The van der Waals surface area contributed by atoms with Crippen LogP contribution in [0.4, 0.5) is 0 Å². The Bertz CT molecular complexity index is 591. The molecule has 166 valence electrons. The topological polar surface area (TPSA) is 95.7 Å². The van der Waals surface area contributed by atoms with Gasteiger partial charge >= 0.3 is 0 Å². The summed E-state index contributed by atoms with van der Waals surface area (Å²) in [5.74, 6) is 0.413. The van der Waals surface area contributed by atoms with Gasteiger partial charge in [0.2, 0.25) is 17.7 Å².